The lowest BCUT2D eigenvalue weighted by Crippen LogP contribution is -2.44. The number of nitrogens with one attached hydrogen (secondary N) is 1. The molecule has 2 aromatic rings. The van der Waals surface area contributed by atoms with Crippen molar-refractivity contribution >= 4 is 29.1 Å². The molecule has 2 aromatic heterocycles. The van der Waals surface area contributed by atoms with Gasteiger partial charge < -0.3 is 10.2 Å². The van der Waals surface area contributed by atoms with Gasteiger partial charge in [-0.1, -0.05) is 31.4 Å². The van der Waals surface area contributed by atoms with Crippen molar-refractivity contribution in [2.45, 2.75) is 70.0 Å². The van der Waals surface area contributed by atoms with Gasteiger partial charge in [-0.25, -0.2) is 4.98 Å². The molecule has 2 aliphatic rings. The van der Waals surface area contributed by atoms with Crippen LogP contribution in [0.25, 0.3) is 5.65 Å². The second-order valence-corrected chi connectivity index (χ2v) is 9.04. The summed E-state index contributed by atoms with van der Waals surface area (Å²) in [5, 5.41) is 2.76. The van der Waals surface area contributed by atoms with Gasteiger partial charge in [0, 0.05) is 18.8 Å². The van der Waals surface area contributed by atoms with Crippen LogP contribution in [0.1, 0.15) is 79.4 Å². The molecule has 174 valence electrons. The maximum absolute atomic E-state index is 13.7. The third-order valence-electron chi connectivity index (χ3n) is 6.08. The Morgan fingerprint density at radius 1 is 1.25 bits per heavy atom. The topological polar surface area (TPSA) is 66.7 Å². The predicted octanol–water partition coefficient (Wildman–Crippen LogP) is 4.79. The van der Waals surface area contributed by atoms with E-state index in [-0.39, 0.29) is 41.8 Å². The zero-order chi connectivity index (χ0) is 23.0. The molecule has 0 radical (unpaired) electrons. The standard InChI is InChI=1S/C22H26ClF3N4O2/c1-2-9-29(12-17(31)27-15-5-3-4-6-15)21(32)18-19(23)30-11-14(13-7-8-13)10-16(20(30)28-18)22(24,25)26/h10-11,13,15H,2-9,12H2,1H3,(H,27,31). The van der Waals surface area contributed by atoms with Crippen molar-refractivity contribution in [1.82, 2.24) is 19.6 Å². The molecule has 0 aliphatic heterocycles. The van der Waals surface area contributed by atoms with Crippen LogP contribution in [0.5, 0.6) is 0 Å². The van der Waals surface area contributed by atoms with E-state index in [1.54, 1.807) is 0 Å². The minimum atomic E-state index is -4.63. The molecule has 2 saturated carbocycles. The summed E-state index contributed by atoms with van der Waals surface area (Å²) in [6, 6.07) is 1.21. The number of rotatable bonds is 7. The first-order valence-corrected chi connectivity index (χ1v) is 11.4. The van der Waals surface area contributed by atoms with Crippen LogP contribution in [0.3, 0.4) is 0 Å². The van der Waals surface area contributed by atoms with Crippen LogP contribution < -0.4 is 5.32 Å². The van der Waals surface area contributed by atoms with E-state index in [0.29, 0.717) is 12.0 Å². The number of hydrogen-bond donors (Lipinski definition) is 1. The van der Waals surface area contributed by atoms with Crippen LogP contribution in [0.2, 0.25) is 5.15 Å². The van der Waals surface area contributed by atoms with E-state index in [9.17, 15) is 22.8 Å². The monoisotopic (exact) mass is 470 g/mol. The Morgan fingerprint density at radius 2 is 1.94 bits per heavy atom. The van der Waals surface area contributed by atoms with Crippen molar-refractivity contribution < 1.29 is 22.8 Å². The van der Waals surface area contributed by atoms with Crippen molar-refractivity contribution in [3.05, 3.63) is 34.2 Å². The molecule has 0 atom stereocenters. The number of halogens is 4. The first-order chi connectivity index (χ1) is 15.2. The lowest BCUT2D eigenvalue weighted by molar-refractivity contribution is -0.136. The zero-order valence-corrected chi connectivity index (χ0v) is 18.6. The average Bonchev–Trinajstić information content (AvgIpc) is 3.37. The van der Waals surface area contributed by atoms with Crippen LogP contribution in [-0.4, -0.2) is 45.2 Å². The van der Waals surface area contributed by atoms with Crippen molar-refractivity contribution in [2.75, 3.05) is 13.1 Å². The molecule has 0 unspecified atom stereocenters. The Morgan fingerprint density at radius 3 is 2.53 bits per heavy atom. The Labute approximate surface area is 189 Å². The van der Waals surface area contributed by atoms with Gasteiger partial charge in [-0.15, -0.1) is 0 Å². The number of amides is 2. The number of alkyl halides is 3. The van der Waals surface area contributed by atoms with E-state index in [4.69, 9.17) is 11.6 Å². The number of hydrogen-bond acceptors (Lipinski definition) is 3. The number of pyridine rings is 1. The molecule has 4 rings (SSSR count). The number of carbonyl (C=O) groups excluding carboxylic acids is 2. The Bertz CT molecular complexity index is 1030. The molecule has 1 N–H and O–H groups in total. The van der Waals surface area contributed by atoms with Gasteiger partial charge in [0.15, 0.2) is 11.3 Å². The fourth-order valence-electron chi connectivity index (χ4n) is 4.31. The highest BCUT2D eigenvalue weighted by molar-refractivity contribution is 6.33. The van der Waals surface area contributed by atoms with Gasteiger partial charge in [0.2, 0.25) is 5.91 Å². The summed E-state index contributed by atoms with van der Waals surface area (Å²) in [5.41, 5.74) is -1.05. The third kappa shape index (κ3) is 4.72. The highest BCUT2D eigenvalue weighted by atomic mass is 35.5. The van der Waals surface area contributed by atoms with Crippen molar-refractivity contribution in [1.29, 1.82) is 0 Å². The van der Waals surface area contributed by atoms with Crippen LogP contribution in [0.15, 0.2) is 12.3 Å². The average molecular weight is 471 g/mol. The molecule has 2 fully saturated rings. The normalized spacial score (nSPS) is 17.2. The van der Waals surface area contributed by atoms with Gasteiger partial charge >= 0.3 is 6.18 Å². The summed E-state index contributed by atoms with van der Waals surface area (Å²) in [5.74, 6) is -0.872. The van der Waals surface area contributed by atoms with Gasteiger partial charge in [0.05, 0.1) is 12.1 Å². The number of nitrogens with zero attached hydrogens (tertiary/aromatic N) is 3. The smallest absolute Gasteiger partial charge is 0.352 e. The summed E-state index contributed by atoms with van der Waals surface area (Å²) in [7, 11) is 0. The van der Waals surface area contributed by atoms with Gasteiger partial charge in [-0.3, -0.25) is 14.0 Å². The highest BCUT2D eigenvalue weighted by Crippen LogP contribution is 2.43. The van der Waals surface area contributed by atoms with E-state index in [1.165, 1.54) is 11.1 Å². The van der Waals surface area contributed by atoms with E-state index >= 15 is 0 Å². The summed E-state index contributed by atoms with van der Waals surface area (Å²) < 4.78 is 42.3. The second kappa shape index (κ2) is 8.92. The maximum atomic E-state index is 13.7. The second-order valence-electron chi connectivity index (χ2n) is 8.68. The largest absolute Gasteiger partial charge is 0.419 e. The summed E-state index contributed by atoms with van der Waals surface area (Å²) in [4.78, 5) is 31.0. The minimum Gasteiger partial charge on any atom is -0.352 e. The molecule has 0 aromatic carbocycles. The molecule has 2 heterocycles. The molecular formula is C22H26ClF3N4O2. The fourth-order valence-corrected chi connectivity index (χ4v) is 4.56. The van der Waals surface area contributed by atoms with E-state index < -0.39 is 23.3 Å². The first kappa shape index (κ1) is 22.9. The number of fused-ring (bicyclic) bond motifs is 1. The maximum Gasteiger partial charge on any atom is 0.419 e. The molecule has 2 amide bonds. The van der Waals surface area contributed by atoms with Crippen LogP contribution in [0.4, 0.5) is 13.2 Å². The van der Waals surface area contributed by atoms with Crippen molar-refractivity contribution in [2.24, 2.45) is 0 Å². The summed E-state index contributed by atoms with van der Waals surface area (Å²) >= 11 is 6.37. The molecule has 0 bridgehead atoms. The minimum absolute atomic E-state index is 0.0639. The molecule has 6 nitrogen and oxygen atoms in total. The molecule has 0 saturated heterocycles. The van der Waals surface area contributed by atoms with Crippen molar-refractivity contribution in [3.8, 4) is 0 Å². The van der Waals surface area contributed by atoms with Gasteiger partial charge in [-0.2, -0.15) is 13.2 Å². The van der Waals surface area contributed by atoms with E-state index in [2.05, 4.69) is 10.3 Å². The fraction of sp³-hybridized carbons (Fsp3) is 0.591. The number of carbonyl (C=O) groups is 2. The molecular weight excluding hydrogens is 445 g/mol. The summed E-state index contributed by atoms with van der Waals surface area (Å²) in [6.07, 6.45) is 3.06. The Kier molecular flexibility index (Phi) is 6.38. The van der Waals surface area contributed by atoms with Crippen molar-refractivity contribution in [3.63, 3.8) is 0 Å². The van der Waals surface area contributed by atoms with Gasteiger partial charge in [0.1, 0.15) is 5.15 Å². The zero-order valence-electron chi connectivity index (χ0n) is 17.8. The van der Waals surface area contributed by atoms with Gasteiger partial charge in [-0.05, 0) is 49.7 Å². The lowest BCUT2D eigenvalue weighted by Gasteiger charge is -2.22. The molecule has 32 heavy (non-hydrogen) atoms. The summed E-state index contributed by atoms with van der Waals surface area (Å²) in [6.45, 7) is 1.93. The van der Waals surface area contributed by atoms with E-state index in [0.717, 1.165) is 49.0 Å². The van der Waals surface area contributed by atoms with Crippen LogP contribution >= 0.6 is 11.6 Å². The third-order valence-corrected chi connectivity index (χ3v) is 6.44. The van der Waals surface area contributed by atoms with Crippen LogP contribution in [-0.2, 0) is 11.0 Å². The predicted molar refractivity (Wildman–Crippen MR) is 114 cm³/mol. The number of imidazole rings is 1. The molecule has 2 aliphatic carbocycles. The molecule has 0 spiro atoms. The SMILES string of the molecule is CCCN(CC(=O)NC1CCCC1)C(=O)c1nc2c(C(F)(F)F)cc(C3CC3)cn2c1Cl. The van der Waals surface area contributed by atoms with E-state index in [1.807, 2.05) is 6.92 Å². The van der Waals surface area contributed by atoms with Gasteiger partial charge in [0.25, 0.3) is 5.91 Å². The van der Waals surface area contributed by atoms with Crippen LogP contribution in [0, 0.1) is 0 Å². The highest BCUT2D eigenvalue weighted by Gasteiger charge is 2.38. The first-order valence-electron chi connectivity index (χ1n) is 11.1. The quantitative estimate of drug-likeness (QED) is 0.632. The lowest BCUT2D eigenvalue weighted by atomic mass is 10.1. The number of aromatic nitrogens is 2. The Hall–Kier alpha value is -2.29. The Balaban J connectivity index is 1.65. The molecule has 10 heteroatoms.